The smallest absolute Gasteiger partial charge is 0.417 e. The van der Waals surface area contributed by atoms with Crippen molar-refractivity contribution in [2.75, 3.05) is 31.5 Å². The quantitative estimate of drug-likeness (QED) is 0.279. The minimum Gasteiger partial charge on any atom is -0.463 e. The first-order valence-corrected chi connectivity index (χ1v) is 9.70. The zero-order chi connectivity index (χ0) is 22.2. The maximum Gasteiger partial charge on any atom is 0.417 e. The summed E-state index contributed by atoms with van der Waals surface area (Å²) in [6.45, 7) is 7.24. The third-order valence-electron chi connectivity index (χ3n) is 4.20. The number of aromatic nitrogens is 1. The summed E-state index contributed by atoms with van der Waals surface area (Å²) in [5.41, 5.74) is -2.01. The number of guanidine groups is 1. The van der Waals surface area contributed by atoms with E-state index in [-0.39, 0.29) is 6.54 Å². The molecule has 30 heavy (non-hydrogen) atoms. The lowest BCUT2D eigenvalue weighted by atomic mass is 10.0. The molecule has 1 unspecified atom stereocenters. The predicted octanol–water partition coefficient (Wildman–Crippen LogP) is 3.27. The third-order valence-corrected chi connectivity index (χ3v) is 4.20. The van der Waals surface area contributed by atoms with Gasteiger partial charge in [0.05, 0.1) is 12.1 Å². The largest absolute Gasteiger partial charge is 0.463 e. The number of pyridine rings is 1. The second-order valence-corrected chi connectivity index (χ2v) is 7.02. The van der Waals surface area contributed by atoms with Crippen molar-refractivity contribution in [2.24, 2.45) is 4.99 Å². The summed E-state index contributed by atoms with van der Waals surface area (Å²) in [5, 5.41) is 19.8. The van der Waals surface area contributed by atoms with Gasteiger partial charge in [0, 0.05) is 25.8 Å². The summed E-state index contributed by atoms with van der Waals surface area (Å²) in [6, 6.07) is 5.82. The molecule has 0 bridgehead atoms. The van der Waals surface area contributed by atoms with Gasteiger partial charge in [-0.1, -0.05) is 0 Å². The Morgan fingerprint density at radius 3 is 2.50 bits per heavy atom. The maximum atomic E-state index is 12.5. The second-order valence-electron chi connectivity index (χ2n) is 7.02. The number of aryl methyl sites for hydroxylation is 1. The average molecular weight is 427 g/mol. The molecule has 0 aliphatic rings. The summed E-state index contributed by atoms with van der Waals surface area (Å²) in [7, 11) is 0. The molecular weight excluding hydrogens is 399 g/mol. The molecule has 2 aromatic rings. The molecule has 0 fully saturated rings. The molecule has 0 aliphatic heterocycles. The first-order chi connectivity index (χ1) is 14.1. The SMILES string of the molecule is CCNC(=NCC(C)(O)c1ccc(C)o1)NCCCNc1ccc(C(F)(F)F)cn1. The molecule has 0 spiro atoms. The molecular formula is C20H28F3N5O2. The van der Waals surface area contributed by atoms with Crippen LogP contribution in [0.5, 0.6) is 0 Å². The Hall–Kier alpha value is -2.75. The number of rotatable bonds is 9. The highest BCUT2D eigenvalue weighted by Crippen LogP contribution is 2.28. The highest BCUT2D eigenvalue weighted by atomic mass is 19.4. The van der Waals surface area contributed by atoms with Crippen LogP contribution in [0.4, 0.5) is 19.0 Å². The fourth-order valence-electron chi connectivity index (χ4n) is 2.55. The van der Waals surface area contributed by atoms with Crippen LogP contribution in [0.1, 0.15) is 37.4 Å². The first-order valence-electron chi connectivity index (χ1n) is 9.70. The normalized spacial score (nSPS) is 14.3. The molecule has 2 heterocycles. The molecule has 0 aromatic carbocycles. The van der Waals surface area contributed by atoms with E-state index in [0.29, 0.717) is 49.4 Å². The predicted molar refractivity (Wildman–Crippen MR) is 109 cm³/mol. The van der Waals surface area contributed by atoms with Crippen molar-refractivity contribution in [3.63, 3.8) is 0 Å². The fourth-order valence-corrected chi connectivity index (χ4v) is 2.55. The summed E-state index contributed by atoms with van der Waals surface area (Å²) < 4.78 is 43.1. The topological polar surface area (TPSA) is 94.7 Å². The van der Waals surface area contributed by atoms with Crippen molar-refractivity contribution >= 4 is 11.8 Å². The average Bonchev–Trinajstić information content (AvgIpc) is 3.13. The Morgan fingerprint density at radius 1 is 1.17 bits per heavy atom. The van der Waals surface area contributed by atoms with E-state index in [4.69, 9.17) is 4.42 Å². The van der Waals surface area contributed by atoms with E-state index < -0.39 is 17.3 Å². The van der Waals surface area contributed by atoms with Crippen LogP contribution < -0.4 is 16.0 Å². The van der Waals surface area contributed by atoms with Crippen molar-refractivity contribution in [3.8, 4) is 0 Å². The summed E-state index contributed by atoms with van der Waals surface area (Å²) in [5.74, 6) is 2.10. The van der Waals surface area contributed by atoms with E-state index in [1.807, 2.05) is 13.8 Å². The molecule has 2 rings (SSSR count). The molecule has 166 valence electrons. The molecule has 0 radical (unpaired) electrons. The van der Waals surface area contributed by atoms with Gasteiger partial charge in [-0.05, 0) is 51.5 Å². The van der Waals surface area contributed by atoms with Crippen molar-refractivity contribution < 1.29 is 22.7 Å². The number of nitrogens with zero attached hydrogens (tertiary/aromatic N) is 2. The van der Waals surface area contributed by atoms with Gasteiger partial charge in [-0.25, -0.2) is 9.98 Å². The van der Waals surface area contributed by atoms with Crippen LogP contribution in [0.2, 0.25) is 0 Å². The van der Waals surface area contributed by atoms with Gasteiger partial charge in [0.25, 0.3) is 0 Å². The molecule has 10 heteroatoms. The number of anilines is 1. The summed E-state index contributed by atoms with van der Waals surface area (Å²) >= 11 is 0. The van der Waals surface area contributed by atoms with Gasteiger partial charge in [0.15, 0.2) is 5.96 Å². The van der Waals surface area contributed by atoms with Crippen LogP contribution in [-0.2, 0) is 11.8 Å². The number of aliphatic hydroxyl groups is 1. The summed E-state index contributed by atoms with van der Waals surface area (Å²) in [6.07, 6.45) is -2.90. The molecule has 7 nitrogen and oxygen atoms in total. The third kappa shape index (κ3) is 7.25. The van der Waals surface area contributed by atoms with Crippen LogP contribution >= 0.6 is 0 Å². The van der Waals surface area contributed by atoms with Crippen molar-refractivity contribution in [1.29, 1.82) is 0 Å². The Bertz CT molecular complexity index is 817. The van der Waals surface area contributed by atoms with Gasteiger partial charge in [0.1, 0.15) is 22.9 Å². The number of furan rings is 1. The standard InChI is InChI=1S/C20H28F3N5O2/c1-4-24-18(28-13-19(3,29)16-8-6-14(2)30-16)26-11-5-10-25-17-9-7-15(12-27-17)20(21,22)23/h6-9,12,29H,4-5,10-11,13H2,1-3H3,(H,25,27)(H2,24,26,28). The molecule has 1 atom stereocenters. The highest BCUT2D eigenvalue weighted by molar-refractivity contribution is 5.79. The summed E-state index contributed by atoms with van der Waals surface area (Å²) in [4.78, 5) is 8.17. The lowest BCUT2D eigenvalue weighted by Crippen LogP contribution is -2.39. The zero-order valence-corrected chi connectivity index (χ0v) is 17.3. The van der Waals surface area contributed by atoms with E-state index in [0.717, 1.165) is 12.3 Å². The van der Waals surface area contributed by atoms with Gasteiger partial charge in [-0.15, -0.1) is 0 Å². The lowest BCUT2D eigenvalue weighted by molar-refractivity contribution is -0.137. The van der Waals surface area contributed by atoms with Crippen LogP contribution in [0.3, 0.4) is 0 Å². The number of hydrogen-bond acceptors (Lipinski definition) is 5. The van der Waals surface area contributed by atoms with Gasteiger partial charge < -0.3 is 25.5 Å². The molecule has 0 amide bonds. The monoisotopic (exact) mass is 427 g/mol. The van der Waals surface area contributed by atoms with E-state index in [1.165, 1.54) is 6.07 Å². The minimum atomic E-state index is -4.39. The molecule has 0 saturated carbocycles. The Kier molecular flexibility index (Phi) is 8.10. The van der Waals surface area contributed by atoms with Gasteiger partial charge >= 0.3 is 6.18 Å². The van der Waals surface area contributed by atoms with Crippen LogP contribution in [-0.4, -0.2) is 42.2 Å². The first kappa shape index (κ1) is 23.5. The highest BCUT2D eigenvalue weighted by Gasteiger charge is 2.30. The number of hydrogen-bond donors (Lipinski definition) is 4. The van der Waals surface area contributed by atoms with E-state index in [9.17, 15) is 18.3 Å². The van der Waals surface area contributed by atoms with Crippen LogP contribution in [0.25, 0.3) is 0 Å². The second kappa shape index (κ2) is 10.3. The zero-order valence-electron chi connectivity index (χ0n) is 17.3. The van der Waals surface area contributed by atoms with E-state index in [1.54, 1.807) is 19.1 Å². The Labute approximate surface area is 173 Å². The van der Waals surface area contributed by atoms with E-state index in [2.05, 4.69) is 25.9 Å². The lowest BCUT2D eigenvalue weighted by Gasteiger charge is -2.19. The van der Waals surface area contributed by atoms with Crippen LogP contribution in [0, 0.1) is 6.92 Å². The Morgan fingerprint density at radius 2 is 1.93 bits per heavy atom. The molecule has 0 aliphatic carbocycles. The van der Waals surface area contributed by atoms with Gasteiger partial charge in [-0.2, -0.15) is 13.2 Å². The fraction of sp³-hybridized carbons (Fsp3) is 0.500. The number of nitrogens with one attached hydrogen (secondary N) is 3. The van der Waals surface area contributed by atoms with E-state index >= 15 is 0 Å². The number of halogens is 3. The van der Waals surface area contributed by atoms with Crippen molar-refractivity contribution in [3.05, 3.63) is 47.5 Å². The van der Waals surface area contributed by atoms with Gasteiger partial charge in [-0.3, -0.25) is 0 Å². The van der Waals surface area contributed by atoms with Crippen molar-refractivity contribution in [2.45, 2.75) is 39.0 Å². The number of aliphatic imine (C=N–C) groups is 1. The molecule has 4 N–H and O–H groups in total. The van der Waals surface area contributed by atoms with Gasteiger partial charge in [0.2, 0.25) is 0 Å². The van der Waals surface area contributed by atoms with Crippen molar-refractivity contribution in [1.82, 2.24) is 15.6 Å². The molecule has 2 aromatic heterocycles. The van der Waals surface area contributed by atoms with Crippen LogP contribution in [0.15, 0.2) is 39.9 Å². The number of alkyl halides is 3. The molecule has 0 saturated heterocycles. The Balaban J connectivity index is 1.78. The minimum absolute atomic E-state index is 0.114. The maximum absolute atomic E-state index is 12.5.